The van der Waals surface area contributed by atoms with Crippen LogP contribution in [0.15, 0.2) is 54.2 Å². The SMILES string of the molecule is COC(CNc1cc2cc(-c3cnn(CC(C)(C)O)c3)ccc2cn1)=C(C)CF. The number of aromatic nitrogens is 3. The number of methoxy groups -OCH3 is 1. The fourth-order valence-corrected chi connectivity index (χ4v) is 3.06. The van der Waals surface area contributed by atoms with Gasteiger partial charge in [-0.1, -0.05) is 12.1 Å². The monoisotopic (exact) mass is 398 g/mol. The molecule has 0 aliphatic heterocycles. The number of aliphatic hydroxyl groups is 1. The van der Waals surface area contributed by atoms with Crippen molar-refractivity contribution in [3.63, 3.8) is 0 Å². The number of anilines is 1. The Morgan fingerprint density at radius 1 is 1.21 bits per heavy atom. The van der Waals surface area contributed by atoms with Gasteiger partial charge in [0.2, 0.25) is 0 Å². The summed E-state index contributed by atoms with van der Waals surface area (Å²) in [6.07, 6.45) is 5.52. The molecule has 0 radical (unpaired) electrons. The van der Waals surface area contributed by atoms with Crippen molar-refractivity contribution in [2.45, 2.75) is 32.9 Å². The summed E-state index contributed by atoms with van der Waals surface area (Å²) in [6.45, 7) is 5.47. The second-order valence-corrected chi connectivity index (χ2v) is 7.77. The lowest BCUT2D eigenvalue weighted by atomic mass is 10.0. The standard InChI is InChI=1S/C22H27FN4O2/c1-15(9-23)20(29-4)12-25-21-8-18-7-16(5-6-17(18)10-24-21)19-11-26-27(13-19)14-22(2,3)28/h5-8,10-11,13,28H,9,12,14H2,1-4H3,(H,24,25). The third-order valence-corrected chi connectivity index (χ3v) is 4.59. The average Bonchev–Trinajstić information content (AvgIpc) is 3.14. The first-order valence-corrected chi connectivity index (χ1v) is 9.46. The summed E-state index contributed by atoms with van der Waals surface area (Å²) in [4.78, 5) is 4.42. The number of pyridine rings is 1. The van der Waals surface area contributed by atoms with E-state index in [2.05, 4.69) is 21.5 Å². The molecule has 0 aliphatic rings. The maximum Gasteiger partial charge on any atom is 0.126 e. The number of hydrogen-bond donors (Lipinski definition) is 2. The van der Waals surface area contributed by atoms with Gasteiger partial charge in [0.15, 0.2) is 0 Å². The normalized spacial score (nSPS) is 12.8. The van der Waals surface area contributed by atoms with E-state index in [1.54, 1.807) is 37.8 Å². The van der Waals surface area contributed by atoms with Gasteiger partial charge in [0, 0.05) is 23.3 Å². The van der Waals surface area contributed by atoms with E-state index in [0.29, 0.717) is 30.2 Å². The topological polar surface area (TPSA) is 72.2 Å². The van der Waals surface area contributed by atoms with Gasteiger partial charge in [0.05, 0.1) is 32.0 Å². The Morgan fingerprint density at radius 2 is 2.00 bits per heavy atom. The van der Waals surface area contributed by atoms with Crippen molar-refractivity contribution in [2.75, 3.05) is 25.6 Å². The summed E-state index contributed by atoms with van der Waals surface area (Å²) in [6, 6.07) is 8.08. The van der Waals surface area contributed by atoms with Gasteiger partial charge in [-0.05, 0) is 49.4 Å². The first kappa shape index (κ1) is 20.8. The van der Waals surface area contributed by atoms with E-state index in [1.165, 1.54) is 7.11 Å². The van der Waals surface area contributed by atoms with Crippen LogP contribution in [0.25, 0.3) is 21.9 Å². The number of alkyl halides is 1. The summed E-state index contributed by atoms with van der Waals surface area (Å²) in [7, 11) is 1.54. The fourth-order valence-electron chi connectivity index (χ4n) is 3.06. The molecular formula is C22H27FN4O2. The molecule has 6 nitrogen and oxygen atoms in total. The number of nitrogens with one attached hydrogen (secondary N) is 1. The molecular weight excluding hydrogens is 371 g/mol. The van der Waals surface area contributed by atoms with Crippen molar-refractivity contribution in [1.29, 1.82) is 0 Å². The maximum absolute atomic E-state index is 12.9. The summed E-state index contributed by atoms with van der Waals surface area (Å²) in [5.41, 5.74) is 1.74. The van der Waals surface area contributed by atoms with Crippen molar-refractivity contribution in [3.05, 3.63) is 54.2 Å². The van der Waals surface area contributed by atoms with Crippen molar-refractivity contribution in [3.8, 4) is 11.1 Å². The number of rotatable bonds is 8. The first-order chi connectivity index (χ1) is 13.8. The Kier molecular flexibility index (Phi) is 6.17. The lowest BCUT2D eigenvalue weighted by molar-refractivity contribution is 0.0577. The highest BCUT2D eigenvalue weighted by atomic mass is 19.1. The van der Waals surface area contributed by atoms with Crippen LogP contribution in [0.2, 0.25) is 0 Å². The Balaban J connectivity index is 1.82. The number of ether oxygens (including phenoxy) is 1. The van der Waals surface area contributed by atoms with Gasteiger partial charge in [-0.2, -0.15) is 5.10 Å². The quantitative estimate of drug-likeness (QED) is 0.557. The third-order valence-electron chi connectivity index (χ3n) is 4.59. The van der Waals surface area contributed by atoms with Crippen LogP contribution in [0.1, 0.15) is 20.8 Å². The lowest BCUT2D eigenvalue weighted by Gasteiger charge is -2.16. The van der Waals surface area contributed by atoms with E-state index in [0.717, 1.165) is 21.9 Å². The molecule has 7 heteroatoms. The van der Waals surface area contributed by atoms with Crippen molar-refractivity contribution in [1.82, 2.24) is 14.8 Å². The predicted octanol–water partition coefficient (Wildman–Crippen LogP) is 4.17. The average molecular weight is 398 g/mol. The number of fused-ring (bicyclic) bond motifs is 1. The molecule has 29 heavy (non-hydrogen) atoms. The molecule has 3 rings (SSSR count). The zero-order valence-electron chi connectivity index (χ0n) is 17.2. The zero-order chi connectivity index (χ0) is 21.0. The molecule has 3 aromatic rings. The van der Waals surface area contributed by atoms with Gasteiger partial charge in [-0.25, -0.2) is 9.37 Å². The van der Waals surface area contributed by atoms with Crippen molar-refractivity contribution in [2.24, 2.45) is 0 Å². The highest BCUT2D eigenvalue weighted by Gasteiger charge is 2.14. The van der Waals surface area contributed by atoms with E-state index in [9.17, 15) is 9.50 Å². The molecule has 0 bridgehead atoms. The number of benzene rings is 1. The van der Waals surface area contributed by atoms with Crippen molar-refractivity contribution >= 4 is 16.6 Å². The number of nitrogens with zero attached hydrogens (tertiary/aromatic N) is 3. The molecule has 0 amide bonds. The van der Waals surface area contributed by atoms with Gasteiger partial charge >= 0.3 is 0 Å². The Morgan fingerprint density at radius 3 is 2.69 bits per heavy atom. The minimum absolute atomic E-state index is 0.369. The third kappa shape index (κ3) is 5.32. The van der Waals surface area contributed by atoms with Gasteiger partial charge in [-0.3, -0.25) is 4.68 Å². The summed E-state index contributed by atoms with van der Waals surface area (Å²) >= 11 is 0. The molecule has 2 heterocycles. The second-order valence-electron chi connectivity index (χ2n) is 7.77. The van der Waals surface area contributed by atoms with E-state index < -0.39 is 12.3 Å². The van der Waals surface area contributed by atoms with E-state index in [1.807, 2.05) is 24.4 Å². The minimum atomic E-state index is -0.824. The summed E-state index contributed by atoms with van der Waals surface area (Å²) in [5.74, 6) is 1.26. The first-order valence-electron chi connectivity index (χ1n) is 9.46. The van der Waals surface area contributed by atoms with E-state index >= 15 is 0 Å². The van der Waals surface area contributed by atoms with E-state index in [-0.39, 0.29) is 0 Å². The number of halogens is 1. The Bertz CT molecular complexity index is 1020. The molecule has 0 saturated heterocycles. The van der Waals surface area contributed by atoms with Crippen LogP contribution in [0.4, 0.5) is 10.2 Å². The van der Waals surface area contributed by atoms with Crippen LogP contribution < -0.4 is 5.32 Å². The predicted molar refractivity (Wildman–Crippen MR) is 113 cm³/mol. The number of hydrogen-bond acceptors (Lipinski definition) is 5. The van der Waals surface area contributed by atoms with Crippen LogP contribution in [-0.4, -0.2) is 45.8 Å². The van der Waals surface area contributed by atoms with E-state index in [4.69, 9.17) is 4.74 Å². The van der Waals surface area contributed by atoms with Gasteiger partial charge in [0.25, 0.3) is 0 Å². The van der Waals surface area contributed by atoms with Gasteiger partial charge < -0.3 is 15.2 Å². The second kappa shape index (κ2) is 8.61. The molecule has 2 N–H and O–H groups in total. The summed E-state index contributed by atoms with van der Waals surface area (Å²) in [5, 5.41) is 19.5. The lowest BCUT2D eigenvalue weighted by Crippen LogP contribution is -2.26. The molecule has 1 aromatic carbocycles. The molecule has 0 fully saturated rings. The van der Waals surface area contributed by atoms with Crippen LogP contribution in [-0.2, 0) is 11.3 Å². The minimum Gasteiger partial charge on any atom is -0.499 e. The number of allylic oxidation sites excluding steroid dienone is 1. The summed E-state index contributed by atoms with van der Waals surface area (Å²) < 4.78 is 19.8. The van der Waals surface area contributed by atoms with Gasteiger partial charge in [-0.15, -0.1) is 0 Å². The molecule has 0 atom stereocenters. The largest absolute Gasteiger partial charge is 0.499 e. The van der Waals surface area contributed by atoms with Crippen molar-refractivity contribution < 1.29 is 14.2 Å². The maximum atomic E-state index is 12.9. The molecule has 0 saturated carbocycles. The van der Waals surface area contributed by atoms with Crippen LogP contribution in [0.3, 0.4) is 0 Å². The molecule has 154 valence electrons. The smallest absolute Gasteiger partial charge is 0.126 e. The molecule has 0 aliphatic carbocycles. The zero-order valence-corrected chi connectivity index (χ0v) is 17.2. The molecule has 0 spiro atoms. The van der Waals surface area contributed by atoms with Crippen LogP contribution in [0.5, 0.6) is 0 Å². The Hall–Kier alpha value is -2.93. The van der Waals surface area contributed by atoms with Gasteiger partial charge in [0.1, 0.15) is 18.3 Å². The highest BCUT2D eigenvalue weighted by molar-refractivity contribution is 5.88. The Labute approximate surface area is 170 Å². The highest BCUT2D eigenvalue weighted by Crippen LogP contribution is 2.25. The van der Waals surface area contributed by atoms with Crippen LogP contribution >= 0.6 is 0 Å². The molecule has 0 unspecified atom stereocenters. The molecule has 2 aromatic heterocycles. The fraction of sp³-hybridized carbons (Fsp3) is 0.364. The van der Waals surface area contributed by atoms with Crippen LogP contribution in [0, 0.1) is 0 Å².